The van der Waals surface area contributed by atoms with E-state index in [1.807, 2.05) is 9.80 Å². The number of carbonyl (C=O) groups is 1. The van der Waals surface area contributed by atoms with Gasteiger partial charge in [0.25, 0.3) is 0 Å². The molecule has 1 aromatic heterocycles. The zero-order valence-electron chi connectivity index (χ0n) is 14.3. The summed E-state index contributed by atoms with van der Waals surface area (Å²) in [5.41, 5.74) is -0.765. The van der Waals surface area contributed by atoms with E-state index in [0.717, 1.165) is 25.1 Å². The average Bonchev–Trinajstić information content (AvgIpc) is 2.62. The Morgan fingerprint density at radius 1 is 1.23 bits per heavy atom. The van der Waals surface area contributed by atoms with Gasteiger partial charge in [0, 0.05) is 38.8 Å². The minimum atomic E-state index is -4.40. The lowest BCUT2D eigenvalue weighted by atomic mass is 9.93. The molecule has 0 aromatic carbocycles. The molecule has 3 rings (SSSR count). The van der Waals surface area contributed by atoms with Crippen molar-refractivity contribution in [2.24, 2.45) is 5.92 Å². The first-order valence-corrected chi connectivity index (χ1v) is 9.47. The van der Waals surface area contributed by atoms with Gasteiger partial charge in [0.1, 0.15) is 5.82 Å². The molecule has 0 unspecified atom stereocenters. The summed E-state index contributed by atoms with van der Waals surface area (Å²) < 4.78 is 43.9. The summed E-state index contributed by atoms with van der Waals surface area (Å²) in [5, 5.41) is 0. The Balaban J connectivity index is 1.54. The number of hydrogen-bond acceptors (Lipinski definition) is 4. The van der Waals surface area contributed by atoms with Gasteiger partial charge in [0.2, 0.25) is 5.91 Å². The predicted molar refractivity (Wildman–Crippen MR) is 93.9 cm³/mol. The van der Waals surface area contributed by atoms with E-state index >= 15 is 0 Å². The normalized spacial score (nSPS) is 19.7. The molecule has 0 N–H and O–H groups in total. The van der Waals surface area contributed by atoms with Gasteiger partial charge < -0.3 is 14.5 Å². The summed E-state index contributed by atoms with van der Waals surface area (Å²) in [5.74, 6) is 0.992. The summed E-state index contributed by atoms with van der Waals surface area (Å²) in [6.45, 7) is 3.85. The van der Waals surface area contributed by atoms with Crippen molar-refractivity contribution in [3.63, 3.8) is 0 Å². The number of pyridine rings is 1. The van der Waals surface area contributed by atoms with Crippen LogP contribution in [0.4, 0.5) is 19.0 Å². The number of piperidine rings is 1. The molecule has 0 spiro atoms. The zero-order chi connectivity index (χ0) is 18.7. The standard InChI is InChI=1S/C17H21BrF3N3O2/c18-14-10-13(17(19,20)21)11-22-16(14)24-3-1-12(2-4-24)9-15(25)23-5-7-26-8-6-23/h10-12H,1-9H2. The Morgan fingerprint density at radius 3 is 2.46 bits per heavy atom. The SMILES string of the molecule is O=C(CC1CCN(c2ncc(C(F)(F)F)cc2Br)CC1)N1CCOCC1. The van der Waals surface area contributed by atoms with E-state index in [9.17, 15) is 18.0 Å². The van der Waals surface area contributed by atoms with E-state index in [-0.39, 0.29) is 5.91 Å². The maximum atomic E-state index is 12.7. The number of rotatable bonds is 3. The Kier molecular flexibility index (Phi) is 6.06. The van der Waals surface area contributed by atoms with Gasteiger partial charge >= 0.3 is 6.18 Å². The topological polar surface area (TPSA) is 45.7 Å². The number of carbonyl (C=O) groups excluding carboxylic acids is 1. The van der Waals surface area contributed by atoms with Gasteiger partial charge in [-0.05, 0) is 40.8 Å². The summed E-state index contributed by atoms with van der Waals surface area (Å²) >= 11 is 3.21. The zero-order valence-corrected chi connectivity index (χ0v) is 15.9. The van der Waals surface area contributed by atoms with E-state index in [0.29, 0.717) is 62.0 Å². The maximum absolute atomic E-state index is 12.7. The van der Waals surface area contributed by atoms with Gasteiger partial charge in [0.05, 0.1) is 23.2 Å². The van der Waals surface area contributed by atoms with Crippen LogP contribution in [0, 0.1) is 5.92 Å². The number of halogens is 4. The fourth-order valence-electron chi connectivity index (χ4n) is 3.36. The fourth-order valence-corrected chi connectivity index (χ4v) is 3.96. The van der Waals surface area contributed by atoms with Crippen molar-refractivity contribution < 1.29 is 22.7 Å². The first-order valence-electron chi connectivity index (χ1n) is 8.68. The summed E-state index contributed by atoms with van der Waals surface area (Å²) in [7, 11) is 0. The van der Waals surface area contributed by atoms with E-state index in [1.54, 1.807) is 0 Å². The molecule has 0 saturated carbocycles. The van der Waals surface area contributed by atoms with Gasteiger partial charge in [-0.1, -0.05) is 0 Å². The van der Waals surface area contributed by atoms with Crippen LogP contribution in [0.1, 0.15) is 24.8 Å². The smallest absolute Gasteiger partial charge is 0.378 e. The molecule has 2 saturated heterocycles. The van der Waals surface area contributed by atoms with E-state index in [1.165, 1.54) is 0 Å². The molecule has 9 heteroatoms. The lowest BCUT2D eigenvalue weighted by Crippen LogP contribution is -2.42. The minimum absolute atomic E-state index is 0.167. The van der Waals surface area contributed by atoms with Crippen molar-refractivity contribution in [1.29, 1.82) is 0 Å². The van der Waals surface area contributed by atoms with Crippen LogP contribution in [0.2, 0.25) is 0 Å². The van der Waals surface area contributed by atoms with Gasteiger partial charge in [-0.15, -0.1) is 0 Å². The molecule has 3 heterocycles. The molecular formula is C17H21BrF3N3O2. The lowest BCUT2D eigenvalue weighted by molar-refractivity contribution is -0.138. The van der Waals surface area contributed by atoms with Crippen molar-refractivity contribution in [2.75, 3.05) is 44.3 Å². The van der Waals surface area contributed by atoms with Crippen LogP contribution < -0.4 is 4.90 Å². The number of anilines is 1. The molecule has 2 fully saturated rings. The highest BCUT2D eigenvalue weighted by atomic mass is 79.9. The van der Waals surface area contributed by atoms with Crippen LogP contribution in [-0.2, 0) is 15.7 Å². The second kappa shape index (κ2) is 8.12. The van der Waals surface area contributed by atoms with Crippen molar-refractivity contribution in [2.45, 2.75) is 25.4 Å². The quantitative estimate of drug-likeness (QED) is 0.730. The third-order valence-corrected chi connectivity index (χ3v) is 5.47. The van der Waals surface area contributed by atoms with Crippen LogP contribution in [0.25, 0.3) is 0 Å². The third kappa shape index (κ3) is 4.68. The number of nitrogens with zero attached hydrogens (tertiary/aromatic N) is 3. The second-order valence-corrected chi connectivity index (χ2v) is 7.51. The molecule has 2 aliphatic heterocycles. The molecule has 0 aliphatic carbocycles. The average molecular weight is 436 g/mol. The lowest BCUT2D eigenvalue weighted by Gasteiger charge is -2.34. The minimum Gasteiger partial charge on any atom is -0.378 e. The Morgan fingerprint density at radius 2 is 1.88 bits per heavy atom. The summed E-state index contributed by atoms with van der Waals surface area (Å²) in [6, 6.07) is 1.07. The number of aromatic nitrogens is 1. The predicted octanol–water partition coefficient (Wildman–Crippen LogP) is 3.33. The molecule has 0 atom stereocenters. The third-order valence-electron chi connectivity index (χ3n) is 4.89. The first kappa shape index (κ1) is 19.4. The van der Waals surface area contributed by atoms with Crippen molar-refractivity contribution in [3.8, 4) is 0 Å². The van der Waals surface area contributed by atoms with Crippen LogP contribution in [0.3, 0.4) is 0 Å². The molecule has 26 heavy (non-hydrogen) atoms. The van der Waals surface area contributed by atoms with E-state index in [4.69, 9.17) is 4.74 Å². The largest absolute Gasteiger partial charge is 0.417 e. The second-order valence-electron chi connectivity index (χ2n) is 6.65. The van der Waals surface area contributed by atoms with Crippen molar-refractivity contribution in [1.82, 2.24) is 9.88 Å². The summed E-state index contributed by atoms with van der Waals surface area (Å²) in [6.07, 6.45) is -1.36. The number of hydrogen-bond donors (Lipinski definition) is 0. The molecule has 2 aliphatic rings. The number of ether oxygens (including phenoxy) is 1. The molecule has 5 nitrogen and oxygen atoms in total. The van der Waals surface area contributed by atoms with Gasteiger partial charge in [0.15, 0.2) is 0 Å². The molecule has 1 aromatic rings. The molecule has 0 bridgehead atoms. The van der Waals surface area contributed by atoms with Gasteiger partial charge in [-0.2, -0.15) is 13.2 Å². The molecule has 0 radical (unpaired) electrons. The highest BCUT2D eigenvalue weighted by Crippen LogP contribution is 2.35. The monoisotopic (exact) mass is 435 g/mol. The maximum Gasteiger partial charge on any atom is 0.417 e. The number of amides is 1. The van der Waals surface area contributed by atoms with E-state index in [2.05, 4.69) is 20.9 Å². The van der Waals surface area contributed by atoms with Crippen LogP contribution in [0.5, 0.6) is 0 Å². The Bertz CT molecular complexity index is 643. The molecule has 144 valence electrons. The molecule has 1 amide bonds. The van der Waals surface area contributed by atoms with Gasteiger partial charge in [-0.25, -0.2) is 4.98 Å². The van der Waals surface area contributed by atoms with Crippen LogP contribution in [-0.4, -0.2) is 55.2 Å². The van der Waals surface area contributed by atoms with Crippen molar-refractivity contribution >= 4 is 27.7 Å². The first-order chi connectivity index (χ1) is 12.3. The Labute approximate surface area is 158 Å². The Hall–Kier alpha value is -1.35. The summed E-state index contributed by atoms with van der Waals surface area (Å²) in [4.78, 5) is 20.2. The highest BCUT2D eigenvalue weighted by molar-refractivity contribution is 9.10. The molecular weight excluding hydrogens is 415 g/mol. The fraction of sp³-hybridized carbons (Fsp3) is 0.647. The van der Waals surface area contributed by atoms with Gasteiger partial charge in [-0.3, -0.25) is 4.79 Å². The van der Waals surface area contributed by atoms with Crippen LogP contribution in [0.15, 0.2) is 16.7 Å². The van der Waals surface area contributed by atoms with Crippen molar-refractivity contribution in [3.05, 3.63) is 22.3 Å². The van der Waals surface area contributed by atoms with E-state index < -0.39 is 11.7 Å². The highest BCUT2D eigenvalue weighted by Gasteiger charge is 2.32. The van der Waals surface area contributed by atoms with Crippen LogP contribution >= 0.6 is 15.9 Å². The number of morpholine rings is 1. The number of alkyl halides is 3.